The van der Waals surface area contributed by atoms with E-state index in [1.807, 2.05) is 0 Å². The summed E-state index contributed by atoms with van der Waals surface area (Å²) in [6.07, 6.45) is 8.38. The number of nitrogens with zero attached hydrogens (tertiary/aromatic N) is 1. The van der Waals surface area contributed by atoms with Crippen molar-refractivity contribution in [2.45, 2.75) is 51.0 Å². The first-order chi connectivity index (χ1) is 9.76. The van der Waals surface area contributed by atoms with Gasteiger partial charge in [0.25, 0.3) is 0 Å². The van der Waals surface area contributed by atoms with Crippen LogP contribution in [0.15, 0.2) is 0 Å². The highest BCUT2D eigenvalue weighted by Gasteiger charge is 2.34. The molecule has 0 radical (unpaired) electrons. The molecule has 2 saturated carbocycles. The number of nitrogens with two attached hydrogens (primary N) is 1. The van der Waals surface area contributed by atoms with Crippen molar-refractivity contribution in [3.05, 3.63) is 0 Å². The van der Waals surface area contributed by atoms with Gasteiger partial charge in [-0.25, -0.2) is 0 Å². The van der Waals surface area contributed by atoms with Crippen LogP contribution in [0.1, 0.15) is 44.9 Å². The Morgan fingerprint density at radius 1 is 1.05 bits per heavy atom. The molecule has 0 aromatic carbocycles. The number of hydrogen-bond acceptors (Lipinski definition) is 3. The van der Waals surface area contributed by atoms with Gasteiger partial charge in [0.2, 0.25) is 5.91 Å². The highest BCUT2D eigenvalue weighted by molar-refractivity contribution is 5.78. The van der Waals surface area contributed by atoms with Crippen molar-refractivity contribution in [1.29, 1.82) is 0 Å². The van der Waals surface area contributed by atoms with Gasteiger partial charge in [-0.05, 0) is 69.9 Å². The molecule has 1 aliphatic heterocycles. The molecule has 1 saturated heterocycles. The highest BCUT2D eigenvalue weighted by Crippen LogP contribution is 2.32. The van der Waals surface area contributed by atoms with Crippen LogP contribution < -0.4 is 11.1 Å². The van der Waals surface area contributed by atoms with Crippen LogP contribution in [0.5, 0.6) is 0 Å². The Morgan fingerprint density at radius 3 is 2.45 bits per heavy atom. The lowest BCUT2D eigenvalue weighted by molar-refractivity contribution is -0.126. The summed E-state index contributed by atoms with van der Waals surface area (Å²) in [7, 11) is 0. The predicted molar refractivity (Wildman–Crippen MR) is 80.2 cm³/mol. The number of likely N-dealkylation sites (tertiary alicyclic amines) is 1. The number of rotatable bonds is 5. The fraction of sp³-hybridized carbons (Fsp3) is 0.938. The minimum absolute atomic E-state index is 0.249. The van der Waals surface area contributed by atoms with E-state index in [2.05, 4.69) is 10.2 Å². The van der Waals surface area contributed by atoms with E-state index in [9.17, 15) is 4.79 Å². The maximum absolute atomic E-state index is 12.2. The maximum Gasteiger partial charge on any atom is 0.223 e. The van der Waals surface area contributed by atoms with Crippen molar-refractivity contribution in [2.75, 3.05) is 26.2 Å². The molecule has 4 nitrogen and oxygen atoms in total. The smallest absolute Gasteiger partial charge is 0.223 e. The molecule has 1 unspecified atom stereocenters. The largest absolute Gasteiger partial charge is 0.356 e. The molecule has 0 aromatic rings. The van der Waals surface area contributed by atoms with Crippen molar-refractivity contribution in [3.8, 4) is 0 Å². The lowest BCUT2D eigenvalue weighted by Crippen LogP contribution is -2.37. The van der Waals surface area contributed by atoms with Crippen LogP contribution in [0.2, 0.25) is 0 Å². The molecule has 0 bridgehead atoms. The third-order valence-electron chi connectivity index (χ3n) is 5.50. The van der Waals surface area contributed by atoms with Crippen LogP contribution in [0.3, 0.4) is 0 Å². The van der Waals surface area contributed by atoms with Gasteiger partial charge in [-0.2, -0.15) is 0 Å². The topological polar surface area (TPSA) is 58.4 Å². The molecule has 3 N–H and O–H groups in total. The first-order valence-corrected chi connectivity index (χ1v) is 8.48. The third kappa shape index (κ3) is 3.53. The summed E-state index contributed by atoms with van der Waals surface area (Å²) in [5, 5.41) is 3.21. The van der Waals surface area contributed by atoms with Crippen LogP contribution in [0, 0.1) is 17.8 Å². The SMILES string of the molecule is NCC1CCC(C(=O)NCC2CCN(C3CC3)C2)CC1. The molecule has 20 heavy (non-hydrogen) atoms. The van der Waals surface area contributed by atoms with Crippen LogP contribution in [-0.2, 0) is 4.79 Å². The summed E-state index contributed by atoms with van der Waals surface area (Å²) in [4.78, 5) is 14.8. The Hall–Kier alpha value is -0.610. The van der Waals surface area contributed by atoms with E-state index in [1.54, 1.807) is 0 Å². The number of hydrogen-bond donors (Lipinski definition) is 2. The standard InChI is InChI=1S/C16H29N3O/c17-9-12-1-3-14(4-2-12)16(20)18-10-13-7-8-19(11-13)15-5-6-15/h12-15H,1-11,17H2,(H,18,20). The fourth-order valence-corrected chi connectivity index (χ4v) is 3.85. The molecule has 4 heteroatoms. The summed E-state index contributed by atoms with van der Waals surface area (Å²) in [5.41, 5.74) is 5.70. The van der Waals surface area contributed by atoms with Gasteiger partial charge in [-0.1, -0.05) is 0 Å². The normalized spacial score (nSPS) is 35.1. The molecule has 0 aromatic heterocycles. The second-order valence-electron chi connectivity index (χ2n) is 7.08. The average Bonchev–Trinajstić information content (AvgIpc) is 3.24. The van der Waals surface area contributed by atoms with Gasteiger partial charge < -0.3 is 16.0 Å². The van der Waals surface area contributed by atoms with E-state index in [4.69, 9.17) is 5.73 Å². The minimum atomic E-state index is 0.249. The van der Waals surface area contributed by atoms with Gasteiger partial charge >= 0.3 is 0 Å². The summed E-state index contributed by atoms with van der Waals surface area (Å²) in [6.45, 7) is 4.12. The lowest BCUT2D eigenvalue weighted by Gasteiger charge is -2.27. The molecule has 3 aliphatic rings. The number of carbonyl (C=O) groups excluding carboxylic acids is 1. The first-order valence-electron chi connectivity index (χ1n) is 8.48. The van der Waals surface area contributed by atoms with Crippen LogP contribution in [0.4, 0.5) is 0 Å². The maximum atomic E-state index is 12.2. The molecule has 3 fully saturated rings. The third-order valence-corrected chi connectivity index (χ3v) is 5.50. The molecule has 1 amide bonds. The summed E-state index contributed by atoms with van der Waals surface area (Å²) in [5.74, 6) is 1.88. The molecule has 1 atom stereocenters. The number of amides is 1. The Labute approximate surface area is 122 Å². The van der Waals surface area contributed by atoms with Crippen LogP contribution in [-0.4, -0.2) is 43.0 Å². The number of nitrogens with one attached hydrogen (secondary N) is 1. The summed E-state index contributed by atoms with van der Waals surface area (Å²) in [6, 6.07) is 0.877. The Morgan fingerprint density at radius 2 is 1.80 bits per heavy atom. The van der Waals surface area contributed by atoms with Crippen LogP contribution >= 0.6 is 0 Å². The zero-order chi connectivity index (χ0) is 13.9. The van der Waals surface area contributed by atoms with E-state index in [0.717, 1.165) is 44.8 Å². The molecule has 3 rings (SSSR count). The minimum Gasteiger partial charge on any atom is -0.356 e. The van der Waals surface area contributed by atoms with Gasteiger partial charge in [-0.15, -0.1) is 0 Å². The molecular weight excluding hydrogens is 250 g/mol. The Kier molecular flexibility index (Phi) is 4.61. The molecule has 2 aliphatic carbocycles. The predicted octanol–water partition coefficient (Wildman–Crippen LogP) is 1.35. The van der Waals surface area contributed by atoms with Crippen molar-refractivity contribution < 1.29 is 4.79 Å². The van der Waals surface area contributed by atoms with Crippen LogP contribution in [0.25, 0.3) is 0 Å². The second kappa shape index (κ2) is 6.44. The Bertz CT molecular complexity index is 335. The number of carbonyl (C=O) groups is 1. The average molecular weight is 279 g/mol. The molecule has 0 spiro atoms. The second-order valence-corrected chi connectivity index (χ2v) is 7.08. The monoisotopic (exact) mass is 279 g/mol. The van der Waals surface area contributed by atoms with E-state index in [0.29, 0.717) is 17.7 Å². The molecule has 1 heterocycles. The van der Waals surface area contributed by atoms with E-state index in [1.165, 1.54) is 32.4 Å². The van der Waals surface area contributed by atoms with Gasteiger partial charge in [0.05, 0.1) is 0 Å². The van der Waals surface area contributed by atoms with E-state index in [-0.39, 0.29) is 5.92 Å². The van der Waals surface area contributed by atoms with E-state index < -0.39 is 0 Å². The van der Waals surface area contributed by atoms with Crippen molar-refractivity contribution in [3.63, 3.8) is 0 Å². The zero-order valence-corrected chi connectivity index (χ0v) is 12.5. The van der Waals surface area contributed by atoms with E-state index >= 15 is 0 Å². The lowest BCUT2D eigenvalue weighted by atomic mass is 9.81. The first kappa shape index (κ1) is 14.3. The highest BCUT2D eigenvalue weighted by atomic mass is 16.1. The van der Waals surface area contributed by atoms with Crippen molar-refractivity contribution in [2.24, 2.45) is 23.5 Å². The van der Waals surface area contributed by atoms with Crippen molar-refractivity contribution >= 4 is 5.91 Å². The fourth-order valence-electron chi connectivity index (χ4n) is 3.85. The van der Waals surface area contributed by atoms with Crippen molar-refractivity contribution in [1.82, 2.24) is 10.2 Å². The summed E-state index contributed by atoms with van der Waals surface area (Å²) >= 11 is 0. The summed E-state index contributed by atoms with van der Waals surface area (Å²) < 4.78 is 0. The van der Waals surface area contributed by atoms with Gasteiger partial charge in [0.15, 0.2) is 0 Å². The quantitative estimate of drug-likeness (QED) is 0.799. The molecular formula is C16H29N3O. The Balaban J connectivity index is 1.35. The van der Waals surface area contributed by atoms with Gasteiger partial charge in [0.1, 0.15) is 0 Å². The molecule has 114 valence electrons. The van der Waals surface area contributed by atoms with Gasteiger partial charge in [-0.3, -0.25) is 4.79 Å². The van der Waals surface area contributed by atoms with Gasteiger partial charge in [0, 0.05) is 25.0 Å². The zero-order valence-electron chi connectivity index (χ0n) is 12.5.